The Morgan fingerprint density at radius 2 is 1.85 bits per heavy atom. The van der Waals surface area contributed by atoms with Gasteiger partial charge in [0.1, 0.15) is 0 Å². The van der Waals surface area contributed by atoms with Gasteiger partial charge in [-0.05, 0) is 66.8 Å². The van der Waals surface area contributed by atoms with Crippen LogP contribution in [0.15, 0.2) is 91.4 Å². The molecule has 0 amide bonds. The lowest BCUT2D eigenvalue weighted by atomic mass is 10.0. The summed E-state index contributed by atoms with van der Waals surface area (Å²) < 4.78 is 6.99. The van der Waals surface area contributed by atoms with Crippen molar-refractivity contribution in [1.29, 1.82) is 0 Å². The highest BCUT2D eigenvalue weighted by Crippen LogP contribution is 2.40. The molecule has 0 aliphatic carbocycles. The Hall–Kier alpha value is -4.04. The predicted octanol–water partition coefficient (Wildman–Crippen LogP) is 4.23. The van der Waals surface area contributed by atoms with Crippen LogP contribution in [0.1, 0.15) is 39.5 Å². The minimum atomic E-state index is -0.373. The van der Waals surface area contributed by atoms with Crippen LogP contribution in [0.2, 0.25) is 0 Å². The maximum Gasteiger partial charge on any atom is 0.337 e. The van der Waals surface area contributed by atoms with Gasteiger partial charge in [-0.15, -0.1) is 0 Å². The average Bonchev–Trinajstić information content (AvgIpc) is 3.49. The number of benzene rings is 1. The highest BCUT2D eigenvalue weighted by atomic mass is 32.1. The van der Waals surface area contributed by atoms with Gasteiger partial charge < -0.3 is 19.5 Å². The van der Waals surface area contributed by atoms with Crippen LogP contribution in [-0.2, 0) is 11.3 Å². The van der Waals surface area contributed by atoms with E-state index in [-0.39, 0.29) is 18.1 Å². The summed E-state index contributed by atoms with van der Waals surface area (Å²) in [6, 6.07) is 22.9. The summed E-state index contributed by atoms with van der Waals surface area (Å²) in [5.41, 5.74) is 4.18. The molecule has 1 saturated heterocycles. The number of aromatic nitrogens is 3. The van der Waals surface area contributed by atoms with Crippen molar-refractivity contribution >= 4 is 23.3 Å². The number of carbonyl (C=O) groups excluding carboxylic acids is 1. The predicted molar refractivity (Wildman–Crippen MR) is 132 cm³/mol. The topological polar surface area (TPSA) is 72.3 Å². The van der Waals surface area contributed by atoms with Gasteiger partial charge in [-0.3, -0.25) is 9.97 Å². The van der Waals surface area contributed by atoms with Crippen LogP contribution >= 0.6 is 12.2 Å². The second-order valence-corrected chi connectivity index (χ2v) is 8.31. The molecular weight excluding hydrogens is 446 g/mol. The second kappa shape index (κ2) is 9.44. The van der Waals surface area contributed by atoms with Crippen LogP contribution in [0.25, 0.3) is 5.69 Å². The molecule has 4 aromatic rings. The van der Waals surface area contributed by atoms with Crippen molar-refractivity contribution in [2.24, 2.45) is 0 Å². The third-order valence-corrected chi connectivity index (χ3v) is 6.24. The number of thiocarbonyl (C=S) groups is 1. The second-order valence-electron chi connectivity index (χ2n) is 7.92. The van der Waals surface area contributed by atoms with Crippen LogP contribution in [0, 0.1) is 0 Å². The lowest BCUT2D eigenvalue weighted by molar-refractivity contribution is 0.0600. The number of methoxy groups -OCH3 is 1. The summed E-state index contributed by atoms with van der Waals surface area (Å²) in [5.74, 6) is -0.373. The quantitative estimate of drug-likeness (QED) is 0.335. The Kier molecular flexibility index (Phi) is 6.05. The highest BCUT2D eigenvalue weighted by molar-refractivity contribution is 7.80. The SMILES string of the molecule is COC(=O)c1cccc(-n2cccc2[C@@H]2[C@H](c3ccccn3)NC(=S)N2Cc2ccccn2)c1. The van der Waals surface area contributed by atoms with Crippen molar-refractivity contribution in [1.82, 2.24) is 24.8 Å². The van der Waals surface area contributed by atoms with Crippen molar-refractivity contribution in [2.75, 3.05) is 7.11 Å². The third kappa shape index (κ3) is 4.15. The molecule has 0 bridgehead atoms. The molecule has 1 fully saturated rings. The minimum absolute atomic E-state index is 0.152. The summed E-state index contributed by atoms with van der Waals surface area (Å²) in [5, 5.41) is 4.12. The van der Waals surface area contributed by atoms with E-state index in [2.05, 4.69) is 30.8 Å². The van der Waals surface area contributed by atoms with Gasteiger partial charge in [-0.25, -0.2) is 4.79 Å². The summed E-state index contributed by atoms with van der Waals surface area (Å²) >= 11 is 5.79. The number of rotatable bonds is 6. The van der Waals surface area contributed by atoms with Gasteiger partial charge in [0.15, 0.2) is 5.11 Å². The van der Waals surface area contributed by atoms with Gasteiger partial charge in [0.2, 0.25) is 0 Å². The van der Waals surface area contributed by atoms with Crippen molar-refractivity contribution in [3.05, 3.63) is 114 Å². The molecule has 1 N–H and O–H groups in total. The number of nitrogens with zero attached hydrogens (tertiary/aromatic N) is 4. The highest BCUT2D eigenvalue weighted by Gasteiger charge is 2.41. The van der Waals surface area contributed by atoms with Crippen molar-refractivity contribution in [3.63, 3.8) is 0 Å². The molecule has 1 aliphatic heterocycles. The summed E-state index contributed by atoms with van der Waals surface area (Å²) in [7, 11) is 1.38. The standard InChI is InChI=1S/C26H23N5O2S/c1-33-25(32)18-8-6-10-20(16-18)30-15-7-12-22(30)24-23(21-11-3-5-14-28-21)29-26(34)31(24)17-19-9-2-4-13-27-19/h2-16,23-24H,17H2,1H3,(H,29,34)/t23-,24+/m0/s1. The van der Waals surface area contributed by atoms with E-state index in [0.717, 1.165) is 22.8 Å². The Morgan fingerprint density at radius 3 is 2.59 bits per heavy atom. The molecular formula is C26H23N5O2S. The zero-order valence-electron chi connectivity index (χ0n) is 18.5. The molecule has 2 atom stereocenters. The number of esters is 1. The first-order chi connectivity index (χ1) is 16.7. The van der Waals surface area contributed by atoms with Gasteiger partial charge in [0.25, 0.3) is 0 Å². The van der Waals surface area contributed by atoms with E-state index < -0.39 is 0 Å². The van der Waals surface area contributed by atoms with Crippen LogP contribution in [0.3, 0.4) is 0 Å². The first-order valence-electron chi connectivity index (χ1n) is 10.9. The van der Waals surface area contributed by atoms with Gasteiger partial charge in [0.05, 0.1) is 42.7 Å². The average molecular weight is 470 g/mol. The molecule has 0 unspecified atom stereocenters. The van der Waals surface area contributed by atoms with E-state index in [1.54, 1.807) is 18.5 Å². The van der Waals surface area contributed by atoms with Crippen LogP contribution in [0.5, 0.6) is 0 Å². The number of nitrogens with one attached hydrogen (secondary N) is 1. The molecule has 170 valence electrons. The fraction of sp³-hybridized carbons (Fsp3) is 0.154. The largest absolute Gasteiger partial charge is 0.465 e. The molecule has 0 radical (unpaired) electrons. The summed E-state index contributed by atoms with van der Waals surface area (Å²) in [6.07, 6.45) is 5.56. The van der Waals surface area contributed by atoms with E-state index in [4.69, 9.17) is 17.0 Å². The van der Waals surface area contributed by atoms with E-state index in [1.807, 2.05) is 66.9 Å². The van der Waals surface area contributed by atoms with Crippen molar-refractivity contribution < 1.29 is 9.53 Å². The van der Waals surface area contributed by atoms with Crippen molar-refractivity contribution in [3.8, 4) is 5.69 Å². The molecule has 3 aromatic heterocycles. The zero-order chi connectivity index (χ0) is 23.5. The van der Waals surface area contributed by atoms with E-state index in [1.165, 1.54) is 7.11 Å². The fourth-order valence-electron chi connectivity index (χ4n) is 4.33. The Labute approximate surface area is 203 Å². The summed E-state index contributed by atoms with van der Waals surface area (Å²) in [6.45, 7) is 0.550. The van der Waals surface area contributed by atoms with E-state index in [0.29, 0.717) is 17.2 Å². The number of ether oxygens (including phenoxy) is 1. The molecule has 1 aromatic carbocycles. The van der Waals surface area contributed by atoms with Crippen LogP contribution in [0.4, 0.5) is 0 Å². The Morgan fingerprint density at radius 1 is 1.03 bits per heavy atom. The maximum atomic E-state index is 12.1. The maximum absolute atomic E-state index is 12.1. The molecule has 8 heteroatoms. The van der Waals surface area contributed by atoms with Gasteiger partial charge >= 0.3 is 5.97 Å². The molecule has 4 heterocycles. The lowest BCUT2D eigenvalue weighted by Crippen LogP contribution is -2.30. The van der Waals surface area contributed by atoms with Crippen LogP contribution < -0.4 is 5.32 Å². The number of pyridine rings is 2. The van der Waals surface area contributed by atoms with Crippen molar-refractivity contribution in [2.45, 2.75) is 18.6 Å². The molecule has 0 saturated carbocycles. The normalized spacial score (nSPS) is 17.4. The number of hydrogen-bond donors (Lipinski definition) is 1. The third-order valence-electron chi connectivity index (χ3n) is 5.89. The van der Waals surface area contributed by atoms with Crippen LogP contribution in [-0.4, -0.2) is 37.6 Å². The first kappa shape index (κ1) is 21.8. The van der Waals surface area contributed by atoms with Gasteiger partial charge in [0, 0.05) is 30.0 Å². The fourth-order valence-corrected chi connectivity index (χ4v) is 4.64. The monoisotopic (exact) mass is 469 g/mol. The van der Waals surface area contributed by atoms with E-state index >= 15 is 0 Å². The van der Waals surface area contributed by atoms with Gasteiger partial charge in [-0.1, -0.05) is 18.2 Å². The number of carbonyl (C=O) groups is 1. The number of hydrogen-bond acceptors (Lipinski definition) is 5. The molecule has 1 aliphatic rings. The van der Waals surface area contributed by atoms with E-state index in [9.17, 15) is 4.79 Å². The lowest BCUT2D eigenvalue weighted by Gasteiger charge is -2.28. The summed E-state index contributed by atoms with van der Waals surface area (Å²) in [4.78, 5) is 23.4. The molecule has 7 nitrogen and oxygen atoms in total. The minimum Gasteiger partial charge on any atom is -0.465 e. The molecule has 5 rings (SSSR count). The Bertz CT molecular complexity index is 1310. The molecule has 0 spiro atoms. The zero-order valence-corrected chi connectivity index (χ0v) is 19.4. The molecule has 34 heavy (non-hydrogen) atoms. The van der Waals surface area contributed by atoms with Gasteiger partial charge in [-0.2, -0.15) is 0 Å². The smallest absolute Gasteiger partial charge is 0.337 e. The Balaban J connectivity index is 1.59. The first-order valence-corrected chi connectivity index (χ1v) is 11.3.